The summed E-state index contributed by atoms with van der Waals surface area (Å²) in [6.07, 6.45) is 4.52. The molecule has 2 amide bonds. The number of benzene rings is 1. The minimum Gasteiger partial charge on any atom is -0.494 e. The Bertz CT molecular complexity index is 829. The molecule has 3 rings (SSSR count). The van der Waals surface area contributed by atoms with E-state index in [9.17, 15) is 9.59 Å². The topological polar surface area (TPSA) is 71.5 Å². The molecule has 1 aromatic carbocycles. The third-order valence-electron chi connectivity index (χ3n) is 3.85. The van der Waals surface area contributed by atoms with Gasteiger partial charge in [-0.1, -0.05) is 0 Å². The van der Waals surface area contributed by atoms with Crippen LogP contribution in [0.5, 0.6) is 5.75 Å². The van der Waals surface area contributed by atoms with E-state index in [2.05, 4.69) is 10.3 Å². The van der Waals surface area contributed by atoms with Crippen LogP contribution in [0.1, 0.15) is 23.5 Å². The first-order chi connectivity index (χ1) is 12.1. The number of aryl methyl sites for hydroxylation is 1. The lowest BCUT2D eigenvalue weighted by Crippen LogP contribution is -2.24. The second-order valence-electron chi connectivity index (χ2n) is 5.65. The molecule has 6 nitrogen and oxygen atoms in total. The third-order valence-corrected chi connectivity index (χ3v) is 4.65. The van der Waals surface area contributed by atoms with E-state index in [0.29, 0.717) is 24.4 Å². The van der Waals surface area contributed by atoms with Crippen LogP contribution in [-0.4, -0.2) is 30.5 Å². The monoisotopic (exact) mass is 357 g/mol. The fraction of sp³-hybridized carbons (Fsp3) is 0.278. The Morgan fingerprint density at radius 3 is 2.92 bits per heavy atom. The number of amides is 2. The molecule has 0 atom stereocenters. The molecule has 0 saturated carbocycles. The van der Waals surface area contributed by atoms with Gasteiger partial charge in [-0.25, -0.2) is 4.98 Å². The second kappa shape index (κ2) is 7.48. The van der Waals surface area contributed by atoms with Gasteiger partial charge in [0.1, 0.15) is 5.75 Å². The minimum absolute atomic E-state index is 0.0941. The van der Waals surface area contributed by atoms with Crippen LogP contribution in [-0.2, 0) is 9.59 Å². The molecule has 2 aromatic rings. The Labute approximate surface area is 150 Å². The number of thiazole rings is 1. The van der Waals surface area contributed by atoms with Crippen molar-refractivity contribution in [3.8, 4) is 5.75 Å². The highest BCUT2D eigenvalue weighted by molar-refractivity contribution is 7.09. The highest BCUT2D eigenvalue weighted by atomic mass is 32.1. The van der Waals surface area contributed by atoms with Crippen molar-refractivity contribution in [2.75, 3.05) is 23.9 Å². The summed E-state index contributed by atoms with van der Waals surface area (Å²) < 4.78 is 5.39. The van der Waals surface area contributed by atoms with E-state index >= 15 is 0 Å². The van der Waals surface area contributed by atoms with Crippen molar-refractivity contribution < 1.29 is 14.3 Å². The molecule has 25 heavy (non-hydrogen) atoms. The molecule has 1 aliphatic heterocycles. The van der Waals surface area contributed by atoms with Crippen LogP contribution in [0.3, 0.4) is 0 Å². The number of hydrogen-bond donors (Lipinski definition) is 1. The average Bonchev–Trinajstić information content (AvgIpc) is 3.21. The maximum atomic E-state index is 12.1. The van der Waals surface area contributed by atoms with Gasteiger partial charge >= 0.3 is 0 Å². The number of anilines is 2. The lowest BCUT2D eigenvalue weighted by Gasteiger charge is -2.19. The molecule has 0 spiro atoms. The lowest BCUT2D eigenvalue weighted by molar-refractivity contribution is -0.117. The van der Waals surface area contributed by atoms with E-state index in [0.717, 1.165) is 22.8 Å². The average molecular weight is 357 g/mol. The van der Waals surface area contributed by atoms with Crippen molar-refractivity contribution in [1.29, 1.82) is 0 Å². The van der Waals surface area contributed by atoms with Crippen molar-refractivity contribution in [3.63, 3.8) is 0 Å². The zero-order valence-corrected chi connectivity index (χ0v) is 14.9. The Balaban J connectivity index is 1.71. The number of nitrogens with zero attached hydrogens (tertiary/aromatic N) is 2. The van der Waals surface area contributed by atoms with Crippen molar-refractivity contribution in [1.82, 2.24) is 4.98 Å². The van der Waals surface area contributed by atoms with Crippen molar-refractivity contribution in [2.24, 2.45) is 0 Å². The summed E-state index contributed by atoms with van der Waals surface area (Å²) in [6, 6.07) is 5.28. The van der Waals surface area contributed by atoms with E-state index in [1.165, 1.54) is 17.4 Å². The van der Waals surface area contributed by atoms with Gasteiger partial charge in [-0.15, -0.1) is 11.3 Å². The molecule has 1 N–H and O–H groups in total. The van der Waals surface area contributed by atoms with E-state index in [1.807, 2.05) is 12.3 Å². The summed E-state index contributed by atoms with van der Waals surface area (Å²) in [7, 11) is 1.55. The fourth-order valence-corrected chi connectivity index (χ4v) is 3.26. The summed E-state index contributed by atoms with van der Waals surface area (Å²) in [5.74, 6) is 0.404. The maximum absolute atomic E-state index is 12.1. The van der Waals surface area contributed by atoms with Crippen LogP contribution in [0, 0.1) is 6.92 Å². The zero-order chi connectivity index (χ0) is 17.8. The number of methoxy groups -OCH3 is 1. The van der Waals surface area contributed by atoms with Crippen molar-refractivity contribution in [2.45, 2.75) is 19.8 Å². The van der Waals surface area contributed by atoms with Crippen molar-refractivity contribution in [3.05, 3.63) is 40.4 Å². The molecule has 2 heterocycles. The van der Waals surface area contributed by atoms with E-state index in [4.69, 9.17) is 4.74 Å². The summed E-state index contributed by atoms with van der Waals surface area (Å²) in [5, 5.41) is 5.64. The highest BCUT2D eigenvalue weighted by Gasteiger charge is 2.24. The predicted molar refractivity (Wildman–Crippen MR) is 99.1 cm³/mol. The summed E-state index contributed by atoms with van der Waals surface area (Å²) in [6.45, 7) is 2.61. The molecule has 0 bridgehead atoms. The standard InChI is InChI=1S/C18H19N3O3S/c1-12-19-14(11-25-12)6-8-17(22)20-13-5-7-15(16(10-13)24-2)21-9-3-4-18(21)23/h5-8,10-11H,3-4,9H2,1-2H3,(H,20,22)/b8-6+. The molecule has 1 saturated heterocycles. The molecule has 1 aliphatic rings. The molecule has 0 unspecified atom stereocenters. The lowest BCUT2D eigenvalue weighted by atomic mass is 10.2. The predicted octanol–water partition coefficient (Wildman–Crippen LogP) is 3.24. The minimum atomic E-state index is -0.252. The third kappa shape index (κ3) is 4.06. The smallest absolute Gasteiger partial charge is 0.248 e. The van der Waals surface area contributed by atoms with Gasteiger partial charge in [0.05, 0.1) is 23.5 Å². The Hall–Kier alpha value is -2.67. The summed E-state index contributed by atoms with van der Waals surface area (Å²) in [4.78, 5) is 30.0. The van der Waals surface area contributed by atoms with Gasteiger partial charge in [0.15, 0.2) is 0 Å². The van der Waals surface area contributed by atoms with Crippen LogP contribution in [0.2, 0.25) is 0 Å². The van der Waals surface area contributed by atoms with Crippen molar-refractivity contribution >= 4 is 40.6 Å². The molecule has 0 radical (unpaired) electrons. The van der Waals surface area contributed by atoms with Gasteiger partial charge in [-0.2, -0.15) is 0 Å². The summed E-state index contributed by atoms with van der Waals surface area (Å²) >= 11 is 1.54. The summed E-state index contributed by atoms with van der Waals surface area (Å²) in [5.41, 5.74) is 2.10. The van der Waals surface area contributed by atoms with Crippen LogP contribution in [0.15, 0.2) is 29.7 Å². The molecule has 7 heteroatoms. The molecule has 1 fully saturated rings. The van der Waals surface area contributed by atoms with Gasteiger partial charge in [0.2, 0.25) is 11.8 Å². The number of aromatic nitrogens is 1. The van der Waals surface area contributed by atoms with Crippen LogP contribution in [0.4, 0.5) is 11.4 Å². The van der Waals surface area contributed by atoms with Gasteiger partial charge in [0.25, 0.3) is 0 Å². The second-order valence-corrected chi connectivity index (χ2v) is 6.71. The maximum Gasteiger partial charge on any atom is 0.248 e. The van der Waals surface area contributed by atoms with Crippen LogP contribution in [0.25, 0.3) is 6.08 Å². The van der Waals surface area contributed by atoms with E-state index < -0.39 is 0 Å². The number of hydrogen-bond acceptors (Lipinski definition) is 5. The molecule has 130 valence electrons. The number of ether oxygens (including phenoxy) is 1. The van der Waals surface area contributed by atoms with Crippen LogP contribution >= 0.6 is 11.3 Å². The number of carbonyl (C=O) groups excluding carboxylic acids is 2. The largest absolute Gasteiger partial charge is 0.494 e. The van der Waals surface area contributed by atoms with Crippen LogP contribution < -0.4 is 15.0 Å². The van der Waals surface area contributed by atoms with E-state index in [1.54, 1.807) is 36.3 Å². The van der Waals surface area contributed by atoms with Gasteiger partial charge in [-0.05, 0) is 31.6 Å². The fourth-order valence-electron chi connectivity index (χ4n) is 2.68. The van der Waals surface area contributed by atoms with Gasteiger partial charge in [-0.3, -0.25) is 9.59 Å². The number of rotatable bonds is 5. The normalized spacial score (nSPS) is 14.3. The molecule has 0 aliphatic carbocycles. The Morgan fingerprint density at radius 1 is 1.44 bits per heavy atom. The van der Waals surface area contributed by atoms with E-state index in [-0.39, 0.29) is 11.8 Å². The number of nitrogens with one attached hydrogen (secondary N) is 1. The zero-order valence-electron chi connectivity index (χ0n) is 14.1. The molecule has 1 aromatic heterocycles. The quantitative estimate of drug-likeness (QED) is 0.834. The Kier molecular flexibility index (Phi) is 5.14. The molecular weight excluding hydrogens is 338 g/mol. The van der Waals surface area contributed by atoms with Gasteiger partial charge in [0, 0.05) is 36.2 Å². The first kappa shape index (κ1) is 17.2. The first-order valence-corrected chi connectivity index (χ1v) is 8.84. The SMILES string of the molecule is COc1cc(NC(=O)/C=C/c2csc(C)n2)ccc1N1CCCC1=O. The Morgan fingerprint density at radius 2 is 2.28 bits per heavy atom. The first-order valence-electron chi connectivity index (χ1n) is 7.96. The number of carbonyl (C=O) groups is 2. The van der Waals surface area contributed by atoms with Gasteiger partial charge < -0.3 is 15.0 Å². The highest BCUT2D eigenvalue weighted by Crippen LogP contribution is 2.33. The molecular formula is C18H19N3O3S.